The Hall–Kier alpha value is -4.95. The molecule has 310 valence electrons. The van der Waals surface area contributed by atoms with Crippen molar-refractivity contribution in [3.05, 3.63) is 156 Å². The quantitative estimate of drug-likeness (QED) is 0.125. The summed E-state index contributed by atoms with van der Waals surface area (Å²) in [6, 6.07) is 25.7. The average Bonchev–Trinajstić information content (AvgIpc) is 3.54. The molecule has 1 aliphatic heterocycles. The number of aliphatic hydroxyl groups excluding tert-OH is 1. The van der Waals surface area contributed by atoms with Crippen LogP contribution in [0.2, 0.25) is 20.1 Å². The maximum atomic E-state index is 14.8. The lowest BCUT2D eigenvalue weighted by Gasteiger charge is -2.36. The lowest BCUT2D eigenvalue weighted by Crippen LogP contribution is -2.46. The number of sulfonamides is 1. The molecular formula is C44H39Cl4N5O6S. The van der Waals surface area contributed by atoms with E-state index in [1.54, 1.807) is 54.3 Å². The smallest absolute Gasteiger partial charge is 0.276 e. The van der Waals surface area contributed by atoms with E-state index in [4.69, 9.17) is 46.4 Å². The Balaban J connectivity index is 1.28. The summed E-state index contributed by atoms with van der Waals surface area (Å²) in [5.41, 5.74) is 2.85. The molecule has 0 radical (unpaired) electrons. The standard InChI is InChI=1S/C44H39Cl4N5O6S/c1-3-4-18-51(23-27-12-16-37(46)38(47)19-27)44(57)41-40(48)26(2)53(49-41)39-17-14-30(21-35(39)43(56)52-24-31-9-6-5-8-29(31)20-32(52)25-54)42(55)50-60(58,59)33-15-13-28-10-7-11-36(45)34(28)22-33/h5-17,19,21-22,32,54H,3-4,18,20,23-25H2,1-2H3,(H,50,55)/t32-/m0/s1. The van der Waals surface area contributed by atoms with E-state index in [9.17, 15) is 27.9 Å². The van der Waals surface area contributed by atoms with Gasteiger partial charge in [0.25, 0.3) is 27.7 Å². The van der Waals surface area contributed by atoms with Crippen molar-refractivity contribution in [2.75, 3.05) is 13.2 Å². The molecule has 7 rings (SSSR count). The average molecular weight is 908 g/mol. The van der Waals surface area contributed by atoms with Crippen molar-refractivity contribution in [3.63, 3.8) is 0 Å². The van der Waals surface area contributed by atoms with Crippen LogP contribution in [0.3, 0.4) is 0 Å². The Morgan fingerprint density at radius 1 is 0.883 bits per heavy atom. The van der Waals surface area contributed by atoms with Gasteiger partial charge >= 0.3 is 0 Å². The molecule has 0 unspecified atom stereocenters. The summed E-state index contributed by atoms with van der Waals surface area (Å²) in [4.78, 5) is 45.8. The van der Waals surface area contributed by atoms with Crippen molar-refractivity contribution in [1.82, 2.24) is 24.3 Å². The monoisotopic (exact) mass is 905 g/mol. The molecule has 1 atom stereocenters. The Labute approximate surface area is 367 Å². The zero-order valence-corrected chi connectivity index (χ0v) is 36.3. The molecule has 0 saturated heterocycles. The maximum absolute atomic E-state index is 14.8. The number of amides is 3. The van der Waals surface area contributed by atoms with E-state index in [-0.39, 0.29) is 52.1 Å². The first-order chi connectivity index (χ1) is 28.7. The number of rotatable bonds is 12. The number of aromatic nitrogens is 2. The van der Waals surface area contributed by atoms with Gasteiger partial charge in [0.15, 0.2) is 5.69 Å². The lowest BCUT2D eigenvalue weighted by molar-refractivity contribution is 0.0544. The van der Waals surface area contributed by atoms with Gasteiger partial charge in [-0.1, -0.05) is 108 Å². The molecule has 0 saturated carbocycles. The number of hydrogen-bond donors (Lipinski definition) is 2. The second-order valence-electron chi connectivity index (χ2n) is 14.5. The molecule has 0 fully saturated rings. The maximum Gasteiger partial charge on any atom is 0.276 e. The topological polar surface area (TPSA) is 142 Å². The highest BCUT2D eigenvalue weighted by molar-refractivity contribution is 7.90. The van der Waals surface area contributed by atoms with E-state index in [1.807, 2.05) is 31.2 Å². The zero-order chi connectivity index (χ0) is 42.9. The Morgan fingerprint density at radius 2 is 1.65 bits per heavy atom. The van der Waals surface area contributed by atoms with Crippen LogP contribution in [-0.4, -0.2) is 70.0 Å². The first kappa shape index (κ1) is 43.1. The van der Waals surface area contributed by atoms with Crippen LogP contribution >= 0.6 is 46.4 Å². The fourth-order valence-electron chi connectivity index (χ4n) is 7.26. The van der Waals surface area contributed by atoms with Crippen LogP contribution in [0.25, 0.3) is 16.5 Å². The SMILES string of the molecule is CCCCN(Cc1ccc(Cl)c(Cl)c1)C(=O)c1nn(-c2ccc(C(=O)NS(=O)(=O)c3ccc4cccc(Cl)c4c3)cc2C(=O)N2Cc3ccccc3C[C@H]2CO)c(C)c1Cl. The third kappa shape index (κ3) is 8.77. The van der Waals surface area contributed by atoms with Crippen molar-refractivity contribution in [1.29, 1.82) is 0 Å². The van der Waals surface area contributed by atoms with Gasteiger partial charge in [-0.05, 0) is 90.4 Å². The summed E-state index contributed by atoms with van der Waals surface area (Å²) in [5, 5.41) is 17.5. The number of benzene rings is 5. The molecule has 11 nitrogen and oxygen atoms in total. The summed E-state index contributed by atoms with van der Waals surface area (Å²) in [6.45, 7) is 4.04. The molecule has 2 N–H and O–H groups in total. The molecule has 3 amide bonds. The predicted molar refractivity (Wildman–Crippen MR) is 234 cm³/mol. The normalized spacial score (nSPS) is 13.9. The van der Waals surface area contributed by atoms with Crippen molar-refractivity contribution < 1.29 is 27.9 Å². The largest absolute Gasteiger partial charge is 0.394 e. The van der Waals surface area contributed by atoms with E-state index in [0.29, 0.717) is 50.9 Å². The number of nitrogens with zero attached hydrogens (tertiary/aromatic N) is 4. The molecule has 0 spiro atoms. The van der Waals surface area contributed by atoms with E-state index in [2.05, 4.69) is 9.82 Å². The number of nitrogens with one attached hydrogen (secondary N) is 1. The fraction of sp³-hybridized carbons (Fsp3) is 0.227. The molecule has 0 bridgehead atoms. The van der Waals surface area contributed by atoms with Gasteiger partial charge < -0.3 is 14.9 Å². The van der Waals surface area contributed by atoms with Gasteiger partial charge in [-0.2, -0.15) is 5.10 Å². The number of fused-ring (bicyclic) bond motifs is 2. The highest BCUT2D eigenvalue weighted by atomic mass is 35.5. The van der Waals surface area contributed by atoms with Crippen LogP contribution in [0.15, 0.2) is 102 Å². The number of aliphatic hydroxyl groups is 1. The summed E-state index contributed by atoms with van der Waals surface area (Å²) < 4.78 is 30.7. The Kier molecular flexibility index (Phi) is 12.9. The molecule has 6 aromatic rings. The number of carbonyl (C=O) groups is 3. The molecule has 60 heavy (non-hydrogen) atoms. The van der Waals surface area contributed by atoms with Crippen molar-refractivity contribution in [2.24, 2.45) is 0 Å². The first-order valence-electron chi connectivity index (χ1n) is 19.1. The summed E-state index contributed by atoms with van der Waals surface area (Å²) in [6.07, 6.45) is 1.88. The third-order valence-electron chi connectivity index (χ3n) is 10.6. The Bertz CT molecular complexity index is 2780. The first-order valence-corrected chi connectivity index (χ1v) is 22.1. The molecule has 16 heteroatoms. The number of carbonyl (C=O) groups excluding carboxylic acids is 3. The molecule has 2 heterocycles. The number of hydrogen-bond acceptors (Lipinski definition) is 7. The lowest BCUT2D eigenvalue weighted by atomic mass is 9.93. The highest BCUT2D eigenvalue weighted by Crippen LogP contribution is 2.32. The van der Waals surface area contributed by atoms with Crippen LogP contribution in [0.4, 0.5) is 0 Å². The van der Waals surface area contributed by atoms with Crippen LogP contribution in [-0.2, 0) is 29.5 Å². The van der Waals surface area contributed by atoms with Crippen LogP contribution in [0.5, 0.6) is 0 Å². The van der Waals surface area contributed by atoms with Crippen LogP contribution in [0, 0.1) is 6.92 Å². The van der Waals surface area contributed by atoms with Gasteiger partial charge in [0.1, 0.15) is 0 Å². The minimum atomic E-state index is -4.42. The van der Waals surface area contributed by atoms with E-state index in [1.165, 1.54) is 39.9 Å². The number of unbranched alkanes of at least 4 members (excludes halogenated alkanes) is 1. The van der Waals surface area contributed by atoms with Gasteiger partial charge in [0, 0.05) is 35.6 Å². The van der Waals surface area contributed by atoms with E-state index >= 15 is 0 Å². The molecule has 1 aliphatic rings. The van der Waals surface area contributed by atoms with Crippen LogP contribution < -0.4 is 4.72 Å². The highest BCUT2D eigenvalue weighted by Gasteiger charge is 2.34. The number of halogens is 4. The third-order valence-corrected chi connectivity index (χ3v) is 13.4. The van der Waals surface area contributed by atoms with Gasteiger partial charge in [0.05, 0.1) is 49.6 Å². The molecule has 0 aliphatic carbocycles. The Morgan fingerprint density at radius 3 is 2.38 bits per heavy atom. The summed E-state index contributed by atoms with van der Waals surface area (Å²) in [7, 11) is -4.42. The van der Waals surface area contributed by atoms with E-state index < -0.39 is 33.8 Å². The molecule has 1 aromatic heterocycles. The molecule has 5 aromatic carbocycles. The second-order valence-corrected chi connectivity index (χ2v) is 17.8. The van der Waals surface area contributed by atoms with Gasteiger partial charge in [-0.15, -0.1) is 0 Å². The minimum Gasteiger partial charge on any atom is -0.394 e. The summed E-state index contributed by atoms with van der Waals surface area (Å²) in [5.74, 6) is -2.03. The zero-order valence-electron chi connectivity index (χ0n) is 32.5. The van der Waals surface area contributed by atoms with Crippen molar-refractivity contribution in [3.8, 4) is 5.69 Å². The summed E-state index contributed by atoms with van der Waals surface area (Å²) >= 11 is 25.7. The molecular weight excluding hydrogens is 868 g/mol. The van der Waals surface area contributed by atoms with Gasteiger partial charge in [0.2, 0.25) is 0 Å². The second kappa shape index (κ2) is 18.0. The van der Waals surface area contributed by atoms with Gasteiger partial charge in [-0.3, -0.25) is 14.4 Å². The van der Waals surface area contributed by atoms with E-state index in [0.717, 1.165) is 23.1 Å². The van der Waals surface area contributed by atoms with Crippen molar-refractivity contribution in [2.45, 2.75) is 57.1 Å². The predicted octanol–water partition coefficient (Wildman–Crippen LogP) is 9.07. The van der Waals surface area contributed by atoms with Gasteiger partial charge in [-0.25, -0.2) is 17.8 Å². The van der Waals surface area contributed by atoms with Crippen molar-refractivity contribution >= 4 is 84.9 Å². The fourth-order valence-corrected chi connectivity index (χ4v) is 9.02. The minimum absolute atomic E-state index is 0.0460. The van der Waals surface area contributed by atoms with Crippen LogP contribution in [0.1, 0.15) is 73.4 Å².